The fourth-order valence-electron chi connectivity index (χ4n) is 4.74. The molecule has 0 radical (unpaired) electrons. The lowest BCUT2D eigenvalue weighted by atomic mass is 10.1. The van der Waals surface area contributed by atoms with Crippen LogP contribution in [0.1, 0.15) is 36.1 Å². The summed E-state index contributed by atoms with van der Waals surface area (Å²) in [5.74, 6) is 0.762. The number of benzene rings is 1. The number of hydrogen-bond acceptors (Lipinski definition) is 8. The molecule has 0 spiro atoms. The number of anilines is 2. The van der Waals surface area contributed by atoms with Crippen molar-refractivity contribution in [2.45, 2.75) is 38.4 Å². The van der Waals surface area contributed by atoms with Crippen molar-refractivity contribution >= 4 is 17.5 Å². The average molecular weight is 541 g/mol. The van der Waals surface area contributed by atoms with E-state index in [4.69, 9.17) is 14.4 Å². The van der Waals surface area contributed by atoms with Gasteiger partial charge in [0.25, 0.3) is 0 Å². The number of furan rings is 1. The van der Waals surface area contributed by atoms with Crippen LogP contribution in [0.25, 0.3) is 11.5 Å². The van der Waals surface area contributed by atoms with Gasteiger partial charge in [-0.2, -0.15) is 18.4 Å². The third-order valence-corrected chi connectivity index (χ3v) is 6.76. The molecule has 1 amide bonds. The Labute approximate surface area is 223 Å². The molecule has 39 heavy (non-hydrogen) atoms. The summed E-state index contributed by atoms with van der Waals surface area (Å²) >= 11 is 0. The molecule has 9 nitrogen and oxygen atoms in total. The summed E-state index contributed by atoms with van der Waals surface area (Å²) in [7, 11) is 0. The lowest BCUT2D eigenvalue weighted by Gasteiger charge is -2.25. The number of alkyl halides is 3. The second-order valence-corrected chi connectivity index (χ2v) is 9.46. The predicted molar refractivity (Wildman–Crippen MR) is 135 cm³/mol. The molecule has 1 N–H and O–H groups in total. The highest BCUT2D eigenvalue weighted by Gasteiger charge is 2.37. The lowest BCUT2D eigenvalue weighted by molar-refractivity contribution is -0.137. The van der Waals surface area contributed by atoms with Gasteiger partial charge in [0.15, 0.2) is 5.76 Å². The maximum Gasteiger partial charge on any atom is 0.420 e. The van der Waals surface area contributed by atoms with Crippen molar-refractivity contribution in [3.63, 3.8) is 0 Å². The van der Waals surface area contributed by atoms with Crippen LogP contribution in [0.15, 0.2) is 40.9 Å². The third-order valence-electron chi connectivity index (χ3n) is 6.76. The monoisotopic (exact) mass is 540 g/mol. The number of fused-ring (bicyclic) bond motifs is 1. The molecule has 2 aromatic heterocycles. The number of nitriles is 1. The number of carbonyl (C=O) groups is 1. The fourth-order valence-corrected chi connectivity index (χ4v) is 4.74. The highest BCUT2D eigenvalue weighted by Crippen LogP contribution is 2.38. The Bertz CT molecular complexity index is 1360. The topological polar surface area (TPSA) is 108 Å². The van der Waals surface area contributed by atoms with Gasteiger partial charge >= 0.3 is 6.18 Å². The summed E-state index contributed by atoms with van der Waals surface area (Å²) in [6.07, 6.45) is -1.46. The minimum absolute atomic E-state index is 0.0269. The van der Waals surface area contributed by atoms with Crippen LogP contribution in [0, 0.1) is 11.3 Å². The number of carbonyl (C=O) groups excluding carboxylic acids is 1. The van der Waals surface area contributed by atoms with E-state index in [9.17, 15) is 18.0 Å². The number of rotatable bonds is 8. The molecule has 5 rings (SSSR count). The maximum absolute atomic E-state index is 13.8. The standard InChI is InChI=1S/C27H27F3N6O3/c28-27(29,30)21-16-32-26(33-19-3-5-20(6-4-19)38-14-13-35-10-1-2-11-35)34-25(21)23-15-18-17-36(24(37)7-9-31)12-8-22(18)39-23/h3-6,15-16H,1-2,7-8,10-14,17H2,(H,32,33,34). The smallest absolute Gasteiger partial charge is 0.420 e. The van der Waals surface area contributed by atoms with E-state index in [2.05, 4.69) is 20.2 Å². The molecule has 1 saturated heterocycles. The van der Waals surface area contributed by atoms with Crippen LogP contribution in [-0.2, 0) is 23.9 Å². The van der Waals surface area contributed by atoms with E-state index in [1.807, 2.05) is 6.07 Å². The van der Waals surface area contributed by atoms with E-state index < -0.39 is 17.4 Å². The first kappa shape index (κ1) is 26.5. The van der Waals surface area contributed by atoms with Crippen LogP contribution in [0.4, 0.5) is 24.8 Å². The maximum atomic E-state index is 13.8. The molecule has 2 aliphatic heterocycles. The Hall–Kier alpha value is -4.11. The first-order valence-electron chi connectivity index (χ1n) is 12.7. The number of aromatic nitrogens is 2. The third kappa shape index (κ3) is 6.31. The Morgan fingerprint density at radius 2 is 1.95 bits per heavy atom. The molecule has 0 unspecified atom stereocenters. The predicted octanol–water partition coefficient (Wildman–Crippen LogP) is 4.77. The molecule has 4 heterocycles. The van der Waals surface area contributed by atoms with Crippen molar-refractivity contribution in [3.05, 3.63) is 53.4 Å². The number of nitrogens with one attached hydrogen (secondary N) is 1. The molecular weight excluding hydrogens is 513 g/mol. The van der Waals surface area contributed by atoms with Gasteiger partial charge in [0.2, 0.25) is 11.9 Å². The van der Waals surface area contributed by atoms with Crippen molar-refractivity contribution in [1.29, 1.82) is 5.26 Å². The van der Waals surface area contributed by atoms with Crippen LogP contribution in [0.2, 0.25) is 0 Å². The molecule has 0 bridgehead atoms. The Morgan fingerprint density at radius 1 is 1.18 bits per heavy atom. The molecule has 1 fully saturated rings. The van der Waals surface area contributed by atoms with Crippen molar-refractivity contribution in [2.24, 2.45) is 0 Å². The van der Waals surface area contributed by atoms with Crippen molar-refractivity contribution < 1.29 is 27.1 Å². The Morgan fingerprint density at radius 3 is 2.67 bits per heavy atom. The lowest BCUT2D eigenvalue weighted by Crippen LogP contribution is -2.35. The van der Waals surface area contributed by atoms with E-state index >= 15 is 0 Å². The van der Waals surface area contributed by atoms with E-state index in [0.717, 1.165) is 25.8 Å². The summed E-state index contributed by atoms with van der Waals surface area (Å²) < 4.78 is 53.1. The average Bonchev–Trinajstić information content (AvgIpc) is 3.59. The zero-order chi connectivity index (χ0) is 27.4. The highest BCUT2D eigenvalue weighted by atomic mass is 19.4. The van der Waals surface area contributed by atoms with Crippen LogP contribution >= 0.6 is 0 Å². The van der Waals surface area contributed by atoms with Gasteiger partial charge in [0.1, 0.15) is 35.8 Å². The summed E-state index contributed by atoms with van der Waals surface area (Å²) in [4.78, 5) is 24.0. The van der Waals surface area contributed by atoms with Gasteiger partial charge in [0.05, 0.1) is 6.07 Å². The van der Waals surface area contributed by atoms with Gasteiger partial charge in [-0.25, -0.2) is 9.97 Å². The number of nitrogens with zero attached hydrogens (tertiary/aromatic N) is 5. The molecule has 2 aliphatic rings. The molecule has 3 aromatic rings. The first-order valence-corrected chi connectivity index (χ1v) is 12.7. The zero-order valence-corrected chi connectivity index (χ0v) is 21.1. The minimum atomic E-state index is -4.70. The van der Waals surface area contributed by atoms with Gasteiger partial charge in [0, 0.05) is 43.5 Å². The van der Waals surface area contributed by atoms with Gasteiger partial charge in [-0.1, -0.05) is 0 Å². The van der Waals surface area contributed by atoms with Crippen molar-refractivity contribution in [2.75, 3.05) is 38.1 Å². The second kappa shape index (κ2) is 11.3. The van der Waals surface area contributed by atoms with Crippen LogP contribution in [-0.4, -0.2) is 58.5 Å². The SMILES string of the molecule is N#CCC(=O)N1CCc2oc(-c3nc(Nc4ccc(OCCN5CCCC5)cc4)ncc3C(F)(F)F)cc2C1. The van der Waals surface area contributed by atoms with E-state index in [1.165, 1.54) is 23.8 Å². The minimum Gasteiger partial charge on any atom is -0.492 e. The summed E-state index contributed by atoms with van der Waals surface area (Å²) in [6.45, 7) is 4.12. The summed E-state index contributed by atoms with van der Waals surface area (Å²) in [6, 6.07) is 10.3. The number of likely N-dealkylation sites (tertiary alicyclic amines) is 1. The number of ether oxygens (including phenoxy) is 1. The van der Waals surface area contributed by atoms with Crippen LogP contribution < -0.4 is 10.1 Å². The second-order valence-electron chi connectivity index (χ2n) is 9.46. The normalized spacial score (nSPS) is 15.6. The molecule has 12 heteroatoms. The van der Waals surface area contributed by atoms with Gasteiger partial charge in [-0.15, -0.1) is 0 Å². The van der Waals surface area contributed by atoms with Gasteiger partial charge < -0.3 is 19.4 Å². The van der Waals surface area contributed by atoms with Crippen LogP contribution in [0.5, 0.6) is 5.75 Å². The van der Waals surface area contributed by atoms with Crippen molar-refractivity contribution in [3.8, 4) is 23.3 Å². The van der Waals surface area contributed by atoms with E-state index in [-0.39, 0.29) is 30.6 Å². The quantitative estimate of drug-likeness (QED) is 0.435. The summed E-state index contributed by atoms with van der Waals surface area (Å²) in [5, 5.41) is 11.7. The summed E-state index contributed by atoms with van der Waals surface area (Å²) in [5.41, 5.74) is -0.258. The van der Waals surface area contributed by atoms with E-state index in [0.29, 0.717) is 42.3 Å². The molecule has 1 aromatic carbocycles. The van der Waals surface area contributed by atoms with Crippen LogP contribution in [0.3, 0.4) is 0 Å². The number of amides is 1. The molecular formula is C27H27F3N6O3. The highest BCUT2D eigenvalue weighted by molar-refractivity contribution is 5.78. The first-order chi connectivity index (χ1) is 18.8. The molecule has 0 aliphatic carbocycles. The fraction of sp³-hybridized carbons (Fsp3) is 0.407. The van der Waals surface area contributed by atoms with E-state index in [1.54, 1.807) is 24.3 Å². The zero-order valence-electron chi connectivity index (χ0n) is 21.1. The Kier molecular flexibility index (Phi) is 7.70. The Balaban J connectivity index is 1.31. The molecule has 0 saturated carbocycles. The largest absolute Gasteiger partial charge is 0.492 e. The number of halogens is 3. The van der Waals surface area contributed by atoms with Gasteiger partial charge in [-0.3, -0.25) is 9.69 Å². The molecule has 204 valence electrons. The number of hydrogen-bond donors (Lipinski definition) is 1. The van der Waals surface area contributed by atoms with Gasteiger partial charge in [-0.05, 0) is 56.3 Å². The van der Waals surface area contributed by atoms with Crippen molar-refractivity contribution in [1.82, 2.24) is 19.8 Å². The molecule has 0 atom stereocenters.